The van der Waals surface area contributed by atoms with Crippen LogP contribution >= 0.6 is 11.6 Å². The van der Waals surface area contributed by atoms with E-state index in [-0.39, 0.29) is 23.1 Å². The summed E-state index contributed by atoms with van der Waals surface area (Å²) in [4.78, 5) is 11.8. The average molecular weight is 246 g/mol. The zero-order valence-corrected chi connectivity index (χ0v) is 10.4. The van der Waals surface area contributed by atoms with Crippen molar-refractivity contribution in [1.29, 1.82) is 0 Å². The van der Waals surface area contributed by atoms with E-state index >= 15 is 0 Å². The summed E-state index contributed by atoms with van der Waals surface area (Å²) in [5.41, 5.74) is 0.350. The lowest BCUT2D eigenvalue weighted by atomic mass is 10.1. The monoisotopic (exact) mass is 245 g/mol. The molecule has 5 heteroatoms. The van der Waals surface area contributed by atoms with Gasteiger partial charge in [-0.05, 0) is 23.6 Å². The predicted molar refractivity (Wildman–Crippen MR) is 61.7 cm³/mol. The number of amides is 1. The Morgan fingerprint density at radius 2 is 2.31 bits per heavy atom. The van der Waals surface area contributed by atoms with Crippen molar-refractivity contribution in [2.45, 2.75) is 19.9 Å². The SMILES string of the molecule is COCC(NC(=O)c1ccoc1Cl)C(C)C. The number of ether oxygens (including phenoxy) is 1. The Morgan fingerprint density at radius 3 is 2.75 bits per heavy atom. The summed E-state index contributed by atoms with van der Waals surface area (Å²) in [6.45, 7) is 4.50. The average Bonchev–Trinajstić information content (AvgIpc) is 2.63. The Kier molecular flexibility index (Phi) is 4.83. The molecule has 0 spiro atoms. The van der Waals surface area contributed by atoms with E-state index in [1.54, 1.807) is 13.2 Å². The highest BCUT2D eigenvalue weighted by molar-refractivity contribution is 6.32. The fourth-order valence-corrected chi connectivity index (χ4v) is 1.48. The van der Waals surface area contributed by atoms with E-state index < -0.39 is 0 Å². The van der Waals surface area contributed by atoms with Gasteiger partial charge in [-0.3, -0.25) is 4.79 Å². The van der Waals surface area contributed by atoms with Gasteiger partial charge in [0.2, 0.25) is 5.22 Å². The van der Waals surface area contributed by atoms with Crippen LogP contribution in [0.5, 0.6) is 0 Å². The summed E-state index contributed by atoms with van der Waals surface area (Å²) in [6, 6.07) is 1.51. The zero-order valence-electron chi connectivity index (χ0n) is 9.62. The summed E-state index contributed by atoms with van der Waals surface area (Å²) < 4.78 is 9.90. The minimum atomic E-state index is -0.241. The second kappa shape index (κ2) is 5.92. The number of carbonyl (C=O) groups is 1. The van der Waals surface area contributed by atoms with Crippen molar-refractivity contribution in [3.8, 4) is 0 Å². The maximum absolute atomic E-state index is 11.8. The van der Waals surface area contributed by atoms with Crippen LogP contribution in [0.2, 0.25) is 5.22 Å². The lowest BCUT2D eigenvalue weighted by molar-refractivity contribution is 0.0866. The first-order chi connectivity index (χ1) is 7.56. The van der Waals surface area contributed by atoms with Crippen LogP contribution < -0.4 is 5.32 Å². The van der Waals surface area contributed by atoms with Gasteiger partial charge in [0.05, 0.1) is 24.5 Å². The first-order valence-electron chi connectivity index (χ1n) is 5.09. The quantitative estimate of drug-likeness (QED) is 0.866. The number of halogens is 1. The molecule has 0 fully saturated rings. The van der Waals surface area contributed by atoms with Crippen molar-refractivity contribution in [2.24, 2.45) is 5.92 Å². The molecule has 0 aliphatic rings. The molecule has 1 heterocycles. The molecular formula is C11H16ClNO3. The molecule has 0 saturated carbocycles. The number of hydrogen-bond donors (Lipinski definition) is 1. The van der Waals surface area contributed by atoms with Crippen molar-refractivity contribution in [3.63, 3.8) is 0 Å². The number of furan rings is 1. The van der Waals surface area contributed by atoms with E-state index in [1.807, 2.05) is 13.8 Å². The van der Waals surface area contributed by atoms with Crippen LogP contribution in [-0.4, -0.2) is 25.7 Å². The Balaban J connectivity index is 2.65. The van der Waals surface area contributed by atoms with Crippen LogP contribution in [0.25, 0.3) is 0 Å². The maximum Gasteiger partial charge on any atom is 0.256 e. The third-order valence-electron chi connectivity index (χ3n) is 2.33. The summed E-state index contributed by atoms with van der Waals surface area (Å²) in [6.07, 6.45) is 1.39. The first kappa shape index (κ1) is 13.1. The Bertz CT molecular complexity index is 349. The highest BCUT2D eigenvalue weighted by atomic mass is 35.5. The normalized spacial score (nSPS) is 12.8. The molecule has 1 aromatic heterocycles. The van der Waals surface area contributed by atoms with E-state index in [1.165, 1.54) is 6.26 Å². The van der Waals surface area contributed by atoms with Gasteiger partial charge in [0, 0.05) is 7.11 Å². The van der Waals surface area contributed by atoms with E-state index in [0.717, 1.165) is 0 Å². The van der Waals surface area contributed by atoms with Crippen LogP contribution in [0, 0.1) is 5.92 Å². The molecule has 4 nitrogen and oxygen atoms in total. The second-order valence-electron chi connectivity index (χ2n) is 3.89. The predicted octanol–water partition coefficient (Wildman–Crippen LogP) is 2.33. The molecule has 0 bridgehead atoms. The minimum Gasteiger partial charge on any atom is -0.452 e. The van der Waals surface area contributed by atoms with E-state index in [2.05, 4.69) is 5.32 Å². The molecule has 90 valence electrons. The number of hydrogen-bond acceptors (Lipinski definition) is 3. The van der Waals surface area contributed by atoms with Gasteiger partial charge in [0.15, 0.2) is 0 Å². The molecule has 0 aliphatic heterocycles. The van der Waals surface area contributed by atoms with Gasteiger partial charge in [0.25, 0.3) is 5.91 Å². The van der Waals surface area contributed by atoms with Gasteiger partial charge in [-0.2, -0.15) is 0 Å². The number of methoxy groups -OCH3 is 1. The third kappa shape index (κ3) is 3.25. The Labute approximate surface area is 99.9 Å². The number of rotatable bonds is 5. The third-order valence-corrected chi connectivity index (χ3v) is 2.62. The highest BCUT2D eigenvalue weighted by Crippen LogP contribution is 2.16. The summed E-state index contributed by atoms with van der Waals surface area (Å²) in [5.74, 6) is 0.0454. The Morgan fingerprint density at radius 1 is 1.62 bits per heavy atom. The smallest absolute Gasteiger partial charge is 0.256 e. The van der Waals surface area contributed by atoms with Gasteiger partial charge >= 0.3 is 0 Å². The molecule has 1 rings (SSSR count). The summed E-state index contributed by atoms with van der Waals surface area (Å²) >= 11 is 5.72. The van der Waals surface area contributed by atoms with Gasteiger partial charge in [0.1, 0.15) is 0 Å². The van der Waals surface area contributed by atoms with Crippen LogP contribution in [0.15, 0.2) is 16.7 Å². The van der Waals surface area contributed by atoms with Gasteiger partial charge in [-0.15, -0.1) is 0 Å². The van der Waals surface area contributed by atoms with Crippen LogP contribution in [-0.2, 0) is 4.74 Å². The molecule has 16 heavy (non-hydrogen) atoms. The van der Waals surface area contributed by atoms with Gasteiger partial charge in [-0.1, -0.05) is 13.8 Å². The van der Waals surface area contributed by atoms with Crippen molar-refractivity contribution in [2.75, 3.05) is 13.7 Å². The first-order valence-corrected chi connectivity index (χ1v) is 5.46. The molecule has 1 amide bonds. The Hall–Kier alpha value is -1.00. The molecular weight excluding hydrogens is 230 g/mol. The molecule has 0 radical (unpaired) electrons. The zero-order chi connectivity index (χ0) is 12.1. The molecule has 0 aliphatic carbocycles. The van der Waals surface area contributed by atoms with Crippen molar-refractivity contribution in [1.82, 2.24) is 5.32 Å². The van der Waals surface area contributed by atoms with Gasteiger partial charge in [-0.25, -0.2) is 0 Å². The van der Waals surface area contributed by atoms with Crippen LogP contribution in [0.1, 0.15) is 24.2 Å². The highest BCUT2D eigenvalue weighted by Gasteiger charge is 2.19. The molecule has 1 aromatic rings. The molecule has 1 unspecified atom stereocenters. The summed E-state index contributed by atoms with van der Waals surface area (Å²) in [5, 5.41) is 2.96. The standard InChI is InChI=1S/C11H16ClNO3/c1-7(2)9(6-15-3)13-11(14)8-4-5-16-10(8)12/h4-5,7,9H,6H2,1-3H3,(H,13,14). The second-order valence-corrected chi connectivity index (χ2v) is 4.23. The lowest BCUT2D eigenvalue weighted by Crippen LogP contribution is -2.41. The summed E-state index contributed by atoms with van der Waals surface area (Å²) in [7, 11) is 1.60. The fourth-order valence-electron chi connectivity index (χ4n) is 1.28. The molecule has 0 saturated heterocycles. The molecule has 1 N–H and O–H groups in total. The van der Waals surface area contributed by atoms with Crippen molar-refractivity contribution >= 4 is 17.5 Å². The van der Waals surface area contributed by atoms with Crippen molar-refractivity contribution in [3.05, 3.63) is 23.1 Å². The molecule has 0 aromatic carbocycles. The largest absolute Gasteiger partial charge is 0.452 e. The van der Waals surface area contributed by atoms with Crippen molar-refractivity contribution < 1.29 is 13.9 Å². The lowest BCUT2D eigenvalue weighted by Gasteiger charge is -2.21. The van der Waals surface area contributed by atoms with E-state index in [9.17, 15) is 4.79 Å². The maximum atomic E-state index is 11.8. The van der Waals surface area contributed by atoms with Crippen LogP contribution in [0.4, 0.5) is 0 Å². The topological polar surface area (TPSA) is 51.5 Å². The molecule has 1 atom stereocenters. The number of nitrogens with one attached hydrogen (secondary N) is 1. The van der Waals surface area contributed by atoms with E-state index in [4.69, 9.17) is 20.8 Å². The number of carbonyl (C=O) groups excluding carboxylic acids is 1. The van der Waals surface area contributed by atoms with Gasteiger partial charge < -0.3 is 14.5 Å². The minimum absolute atomic E-state index is 0.0385. The van der Waals surface area contributed by atoms with Crippen LogP contribution in [0.3, 0.4) is 0 Å². The fraction of sp³-hybridized carbons (Fsp3) is 0.545. The van der Waals surface area contributed by atoms with E-state index in [0.29, 0.717) is 12.2 Å².